The van der Waals surface area contributed by atoms with Crippen LogP contribution in [0.25, 0.3) is 0 Å². The molecule has 0 amide bonds. The molecule has 0 saturated carbocycles. The summed E-state index contributed by atoms with van der Waals surface area (Å²) < 4.78 is 31.2. The summed E-state index contributed by atoms with van der Waals surface area (Å²) in [6, 6.07) is 0. The van der Waals surface area contributed by atoms with Gasteiger partial charge >= 0.3 is 5.82 Å². The second-order valence-corrected chi connectivity index (χ2v) is 5.33. The van der Waals surface area contributed by atoms with Crippen LogP contribution in [0.2, 0.25) is 0 Å². The van der Waals surface area contributed by atoms with Gasteiger partial charge in [-0.15, -0.1) is 0 Å². The van der Waals surface area contributed by atoms with Crippen LogP contribution in [0.1, 0.15) is 0 Å². The van der Waals surface area contributed by atoms with Gasteiger partial charge in [0.15, 0.2) is 6.33 Å². The lowest BCUT2D eigenvalue weighted by Gasteiger charge is -2.05. The fourth-order valence-electron chi connectivity index (χ4n) is 1.23. The summed E-state index contributed by atoms with van der Waals surface area (Å²) in [5.74, 6) is -0.490. The van der Waals surface area contributed by atoms with Crippen molar-refractivity contribution in [1.82, 2.24) is 14.3 Å². The minimum absolute atomic E-state index is 0.0291. The molecule has 102 valence electrons. The normalized spacial score (nSPS) is 11.6. The number of hydrogen-bond acceptors (Lipinski definition) is 6. The van der Waals surface area contributed by atoms with Crippen molar-refractivity contribution in [3.63, 3.8) is 0 Å². The molecule has 0 aliphatic heterocycles. The van der Waals surface area contributed by atoms with Gasteiger partial charge in [-0.3, -0.25) is 0 Å². The third kappa shape index (κ3) is 4.39. The Balaban J connectivity index is 2.54. The molecule has 0 aliphatic carbocycles. The molecule has 1 rings (SSSR count). The number of rotatable bonds is 8. The Morgan fingerprint density at radius 2 is 2.33 bits per heavy atom. The van der Waals surface area contributed by atoms with Gasteiger partial charge in [0.05, 0.1) is 6.61 Å². The lowest BCUT2D eigenvalue weighted by Crippen LogP contribution is -2.31. The Bertz CT molecular complexity index is 497. The maximum absolute atomic E-state index is 11.5. The molecule has 9 nitrogen and oxygen atoms in total. The van der Waals surface area contributed by atoms with E-state index in [4.69, 9.17) is 4.74 Å². The second kappa shape index (κ2) is 6.42. The summed E-state index contributed by atoms with van der Waals surface area (Å²) in [6.45, 7) is 0.411. The predicted molar refractivity (Wildman–Crippen MR) is 62.5 cm³/mol. The number of ether oxygens (including phenoxy) is 1. The number of nitro groups is 1. The fourth-order valence-corrected chi connectivity index (χ4v) is 2.20. The molecule has 10 heteroatoms. The van der Waals surface area contributed by atoms with E-state index >= 15 is 0 Å². The zero-order chi connectivity index (χ0) is 13.6. The average Bonchev–Trinajstić information content (AvgIpc) is 2.75. The van der Waals surface area contributed by atoms with E-state index < -0.39 is 14.9 Å². The highest BCUT2D eigenvalue weighted by atomic mass is 32.2. The van der Waals surface area contributed by atoms with Gasteiger partial charge in [0.1, 0.15) is 18.5 Å². The summed E-state index contributed by atoms with van der Waals surface area (Å²) in [5, 5.41) is 10.6. The number of aromatic nitrogens is 2. The van der Waals surface area contributed by atoms with Crippen LogP contribution >= 0.6 is 0 Å². The van der Waals surface area contributed by atoms with E-state index in [-0.39, 0.29) is 31.3 Å². The van der Waals surface area contributed by atoms with Gasteiger partial charge in [0.2, 0.25) is 10.0 Å². The van der Waals surface area contributed by atoms with Crippen molar-refractivity contribution in [3.05, 3.63) is 22.6 Å². The van der Waals surface area contributed by atoms with Crippen molar-refractivity contribution in [2.45, 2.75) is 6.54 Å². The molecule has 0 unspecified atom stereocenters. The van der Waals surface area contributed by atoms with Crippen molar-refractivity contribution in [1.29, 1.82) is 0 Å². The van der Waals surface area contributed by atoms with Crippen LogP contribution in [0.4, 0.5) is 5.82 Å². The molecule has 1 N–H and O–H groups in total. The van der Waals surface area contributed by atoms with E-state index in [9.17, 15) is 18.5 Å². The number of nitrogens with zero attached hydrogens (tertiary/aromatic N) is 3. The third-order valence-corrected chi connectivity index (χ3v) is 3.47. The highest BCUT2D eigenvalue weighted by molar-refractivity contribution is 7.89. The van der Waals surface area contributed by atoms with Crippen molar-refractivity contribution in [2.75, 3.05) is 26.0 Å². The van der Waals surface area contributed by atoms with Crippen molar-refractivity contribution >= 4 is 15.8 Å². The van der Waals surface area contributed by atoms with Crippen LogP contribution in [-0.4, -0.2) is 48.9 Å². The molecule has 0 bridgehead atoms. The summed E-state index contributed by atoms with van der Waals surface area (Å²) in [6.07, 6.45) is 2.30. The van der Waals surface area contributed by atoms with E-state index in [0.717, 1.165) is 6.20 Å². The number of aryl methyl sites for hydroxylation is 1. The van der Waals surface area contributed by atoms with Gasteiger partial charge < -0.3 is 14.9 Å². The van der Waals surface area contributed by atoms with Crippen LogP contribution in [-0.2, 0) is 21.3 Å². The van der Waals surface area contributed by atoms with Gasteiger partial charge in [0, 0.05) is 13.7 Å². The predicted octanol–water partition coefficient (Wildman–Crippen LogP) is -0.643. The Morgan fingerprint density at radius 1 is 1.61 bits per heavy atom. The summed E-state index contributed by atoms with van der Waals surface area (Å²) >= 11 is 0. The first-order valence-electron chi connectivity index (χ1n) is 5.07. The maximum Gasteiger partial charge on any atom is 0.342 e. The van der Waals surface area contributed by atoms with E-state index in [1.165, 1.54) is 18.0 Å². The van der Waals surface area contributed by atoms with Gasteiger partial charge in [-0.2, -0.15) is 0 Å². The standard InChI is InChI=1S/C8H14N4O5S/c1-17-4-2-10-18(15,16)5-3-11-7-9-6-8(11)12(13)14/h6-7,10H,2-5H2,1H3. The molecule has 0 spiro atoms. The largest absolute Gasteiger partial charge is 0.383 e. The Morgan fingerprint density at radius 3 is 2.94 bits per heavy atom. The first kappa shape index (κ1) is 14.5. The van der Waals surface area contributed by atoms with Gasteiger partial charge in [0.25, 0.3) is 0 Å². The monoisotopic (exact) mass is 278 g/mol. The zero-order valence-electron chi connectivity index (χ0n) is 9.77. The van der Waals surface area contributed by atoms with E-state index in [1.807, 2.05) is 0 Å². The second-order valence-electron chi connectivity index (χ2n) is 3.41. The van der Waals surface area contributed by atoms with E-state index in [1.54, 1.807) is 0 Å². The quantitative estimate of drug-likeness (QED) is 0.384. The van der Waals surface area contributed by atoms with Crippen LogP contribution in [0.5, 0.6) is 0 Å². The number of hydrogen-bond donors (Lipinski definition) is 1. The Kier molecular flexibility index (Phi) is 5.19. The number of methoxy groups -OCH3 is 1. The molecule has 1 aromatic rings. The van der Waals surface area contributed by atoms with Crippen LogP contribution in [0.15, 0.2) is 12.5 Å². The molecule has 1 heterocycles. The maximum atomic E-state index is 11.5. The number of imidazole rings is 1. The first-order valence-corrected chi connectivity index (χ1v) is 6.72. The van der Waals surface area contributed by atoms with E-state index in [0.29, 0.717) is 0 Å². The zero-order valence-corrected chi connectivity index (χ0v) is 10.6. The van der Waals surface area contributed by atoms with Crippen LogP contribution in [0.3, 0.4) is 0 Å². The highest BCUT2D eigenvalue weighted by Gasteiger charge is 2.16. The Labute approximate surface area is 104 Å². The smallest absolute Gasteiger partial charge is 0.342 e. The van der Waals surface area contributed by atoms with Crippen molar-refractivity contribution < 1.29 is 18.1 Å². The first-order chi connectivity index (χ1) is 8.46. The lowest BCUT2D eigenvalue weighted by molar-refractivity contribution is -0.392. The molecule has 0 radical (unpaired) electrons. The Hall–Kier alpha value is -1.52. The SMILES string of the molecule is COCCNS(=O)(=O)CCn1cncc1[N+](=O)[O-]. The molecule has 0 fully saturated rings. The molecule has 0 saturated heterocycles. The topological polar surface area (TPSA) is 116 Å². The van der Waals surface area contributed by atoms with Gasteiger partial charge in [-0.1, -0.05) is 0 Å². The summed E-state index contributed by atoms with van der Waals surface area (Å²) in [5.41, 5.74) is 0. The molecule has 0 aromatic carbocycles. The number of sulfonamides is 1. The highest BCUT2D eigenvalue weighted by Crippen LogP contribution is 2.09. The molecule has 1 aromatic heterocycles. The molecular formula is C8H14N4O5S. The minimum atomic E-state index is -3.47. The molecule has 0 atom stereocenters. The molecule has 0 aliphatic rings. The summed E-state index contributed by atoms with van der Waals surface area (Å²) in [7, 11) is -2.01. The molecular weight excluding hydrogens is 264 g/mol. The number of nitrogens with one attached hydrogen (secondary N) is 1. The lowest BCUT2D eigenvalue weighted by atomic mass is 10.6. The van der Waals surface area contributed by atoms with Crippen LogP contribution in [0, 0.1) is 10.1 Å². The third-order valence-electron chi connectivity index (χ3n) is 2.11. The van der Waals surface area contributed by atoms with Crippen LogP contribution < -0.4 is 4.72 Å². The van der Waals surface area contributed by atoms with Gasteiger partial charge in [-0.25, -0.2) is 22.7 Å². The van der Waals surface area contributed by atoms with Gasteiger partial charge in [-0.05, 0) is 4.92 Å². The van der Waals surface area contributed by atoms with Crippen molar-refractivity contribution in [3.8, 4) is 0 Å². The average molecular weight is 278 g/mol. The minimum Gasteiger partial charge on any atom is -0.383 e. The molecule has 18 heavy (non-hydrogen) atoms. The van der Waals surface area contributed by atoms with Crippen molar-refractivity contribution in [2.24, 2.45) is 0 Å². The fraction of sp³-hybridized carbons (Fsp3) is 0.625. The summed E-state index contributed by atoms with van der Waals surface area (Å²) in [4.78, 5) is 13.6. The van der Waals surface area contributed by atoms with E-state index in [2.05, 4.69) is 9.71 Å².